The lowest BCUT2D eigenvalue weighted by Gasteiger charge is -2.24. The minimum absolute atomic E-state index is 0.0291. The molecular formula is C13H17N3O4. The van der Waals surface area contributed by atoms with Gasteiger partial charge < -0.3 is 10.6 Å². The Morgan fingerprint density at radius 3 is 2.70 bits per heavy atom. The van der Waals surface area contributed by atoms with Crippen LogP contribution in [0, 0.1) is 10.1 Å². The molecule has 0 saturated carbocycles. The van der Waals surface area contributed by atoms with Gasteiger partial charge in [0.1, 0.15) is 0 Å². The number of hydrogen-bond donors (Lipinski definition) is 1. The molecule has 108 valence electrons. The number of non-ortho nitro benzene ring substituents is 1. The first-order valence-corrected chi connectivity index (χ1v) is 6.26. The average molecular weight is 279 g/mol. The van der Waals surface area contributed by atoms with Crippen molar-refractivity contribution in [1.29, 1.82) is 0 Å². The monoisotopic (exact) mass is 279 g/mol. The molecule has 0 heterocycles. The van der Waals surface area contributed by atoms with Gasteiger partial charge in [-0.2, -0.15) is 0 Å². The highest BCUT2D eigenvalue weighted by atomic mass is 16.6. The van der Waals surface area contributed by atoms with E-state index < -0.39 is 10.8 Å². The topological polar surface area (TPSA) is 107 Å². The molecule has 20 heavy (non-hydrogen) atoms. The smallest absolute Gasteiger partial charge is 0.270 e. The fourth-order valence-corrected chi connectivity index (χ4v) is 1.86. The number of anilines is 1. The number of benzene rings is 1. The molecule has 0 bridgehead atoms. The van der Waals surface area contributed by atoms with E-state index in [4.69, 9.17) is 5.73 Å². The van der Waals surface area contributed by atoms with E-state index in [-0.39, 0.29) is 17.8 Å². The van der Waals surface area contributed by atoms with Crippen LogP contribution in [0.1, 0.15) is 30.1 Å². The number of unbranched alkanes of at least 4 members (excludes halogenated alkanes) is 1. The van der Waals surface area contributed by atoms with E-state index in [0.29, 0.717) is 18.5 Å². The summed E-state index contributed by atoms with van der Waals surface area (Å²) in [5.74, 6) is -0.517. The first-order valence-electron chi connectivity index (χ1n) is 6.26. The van der Waals surface area contributed by atoms with Gasteiger partial charge in [-0.1, -0.05) is 13.3 Å². The number of rotatable bonds is 8. The SMILES string of the molecule is CCCCN(CC(N)=O)c1ccc([N+](=O)[O-])cc1C=O. The van der Waals surface area contributed by atoms with Gasteiger partial charge in [0.15, 0.2) is 6.29 Å². The third kappa shape index (κ3) is 4.04. The van der Waals surface area contributed by atoms with Gasteiger partial charge in [0.2, 0.25) is 5.91 Å². The number of aldehydes is 1. The molecule has 0 unspecified atom stereocenters. The molecule has 0 saturated heterocycles. The fraction of sp³-hybridized carbons (Fsp3) is 0.385. The highest BCUT2D eigenvalue weighted by molar-refractivity contribution is 5.88. The average Bonchev–Trinajstić information content (AvgIpc) is 2.42. The Morgan fingerprint density at radius 2 is 2.20 bits per heavy atom. The summed E-state index contributed by atoms with van der Waals surface area (Å²) in [5.41, 5.74) is 5.69. The van der Waals surface area contributed by atoms with E-state index >= 15 is 0 Å². The highest BCUT2D eigenvalue weighted by Crippen LogP contribution is 2.24. The maximum atomic E-state index is 11.1. The lowest BCUT2D eigenvalue weighted by Crippen LogP contribution is -2.35. The number of carbonyl (C=O) groups is 2. The van der Waals surface area contributed by atoms with E-state index in [2.05, 4.69) is 0 Å². The summed E-state index contributed by atoms with van der Waals surface area (Å²) in [7, 11) is 0. The molecule has 0 aliphatic carbocycles. The number of carbonyl (C=O) groups excluding carboxylic acids is 2. The van der Waals surface area contributed by atoms with Crippen molar-refractivity contribution in [1.82, 2.24) is 0 Å². The van der Waals surface area contributed by atoms with Crippen molar-refractivity contribution < 1.29 is 14.5 Å². The van der Waals surface area contributed by atoms with Gasteiger partial charge in [-0.05, 0) is 12.5 Å². The molecule has 7 heteroatoms. The summed E-state index contributed by atoms with van der Waals surface area (Å²) >= 11 is 0. The van der Waals surface area contributed by atoms with E-state index in [1.54, 1.807) is 4.90 Å². The first kappa shape index (κ1) is 15.6. The largest absolute Gasteiger partial charge is 0.368 e. The first-order chi connectivity index (χ1) is 9.49. The second-order valence-corrected chi connectivity index (χ2v) is 4.36. The normalized spacial score (nSPS) is 10.1. The molecule has 0 atom stereocenters. The molecule has 0 aromatic heterocycles. The molecule has 7 nitrogen and oxygen atoms in total. The second-order valence-electron chi connectivity index (χ2n) is 4.36. The number of primary amides is 1. The van der Waals surface area contributed by atoms with Crippen LogP contribution in [-0.2, 0) is 4.79 Å². The van der Waals surface area contributed by atoms with E-state index in [1.807, 2.05) is 6.92 Å². The molecule has 1 amide bonds. The lowest BCUT2D eigenvalue weighted by atomic mass is 10.1. The summed E-state index contributed by atoms with van der Waals surface area (Å²) < 4.78 is 0. The lowest BCUT2D eigenvalue weighted by molar-refractivity contribution is -0.384. The highest BCUT2D eigenvalue weighted by Gasteiger charge is 2.16. The quantitative estimate of drug-likeness (QED) is 0.441. The zero-order valence-corrected chi connectivity index (χ0v) is 11.2. The zero-order chi connectivity index (χ0) is 15.1. The van der Waals surface area contributed by atoms with Gasteiger partial charge in [0, 0.05) is 29.9 Å². The predicted octanol–water partition coefficient (Wildman–Crippen LogP) is 1.50. The minimum Gasteiger partial charge on any atom is -0.368 e. The number of hydrogen-bond acceptors (Lipinski definition) is 5. The summed E-state index contributed by atoms with van der Waals surface area (Å²) in [4.78, 5) is 34.0. The van der Waals surface area contributed by atoms with Crippen LogP contribution >= 0.6 is 0 Å². The molecule has 1 aromatic carbocycles. The Morgan fingerprint density at radius 1 is 1.50 bits per heavy atom. The van der Waals surface area contributed by atoms with Crippen molar-refractivity contribution in [2.45, 2.75) is 19.8 Å². The molecule has 2 N–H and O–H groups in total. The van der Waals surface area contributed by atoms with Gasteiger partial charge in [0.25, 0.3) is 5.69 Å². The van der Waals surface area contributed by atoms with E-state index in [9.17, 15) is 19.7 Å². The number of nitrogens with zero attached hydrogens (tertiary/aromatic N) is 2. The van der Waals surface area contributed by atoms with Crippen LogP contribution in [0.4, 0.5) is 11.4 Å². The van der Waals surface area contributed by atoms with Crippen LogP contribution in [-0.4, -0.2) is 30.2 Å². The van der Waals surface area contributed by atoms with Gasteiger partial charge in [0.05, 0.1) is 11.5 Å². The third-order valence-corrected chi connectivity index (χ3v) is 2.82. The summed E-state index contributed by atoms with van der Waals surface area (Å²) in [5, 5.41) is 10.7. The molecule has 0 aliphatic rings. The van der Waals surface area contributed by atoms with Crippen molar-refractivity contribution in [2.24, 2.45) is 5.73 Å². The minimum atomic E-state index is -0.568. The summed E-state index contributed by atoms with van der Waals surface area (Å²) in [6, 6.07) is 3.98. The van der Waals surface area contributed by atoms with Gasteiger partial charge in [-0.15, -0.1) is 0 Å². The molecule has 0 aliphatic heterocycles. The van der Waals surface area contributed by atoms with Crippen LogP contribution in [0.3, 0.4) is 0 Å². The molecule has 0 fully saturated rings. The van der Waals surface area contributed by atoms with Crippen molar-refractivity contribution in [2.75, 3.05) is 18.0 Å². The number of nitro benzene ring substituents is 1. The van der Waals surface area contributed by atoms with E-state index in [1.165, 1.54) is 18.2 Å². The molecule has 1 rings (SSSR count). The summed E-state index contributed by atoms with van der Waals surface area (Å²) in [6.07, 6.45) is 2.28. The molecule has 0 radical (unpaired) electrons. The van der Waals surface area contributed by atoms with Crippen molar-refractivity contribution >= 4 is 23.6 Å². The Kier molecular flexibility index (Phi) is 5.64. The second kappa shape index (κ2) is 7.22. The standard InChI is InChI=1S/C13H17N3O4/c1-2-3-6-15(8-13(14)18)12-5-4-11(16(19)20)7-10(12)9-17/h4-5,7,9H,2-3,6,8H2,1H3,(H2,14,18). The zero-order valence-electron chi connectivity index (χ0n) is 11.2. The van der Waals surface area contributed by atoms with Crippen molar-refractivity contribution in [3.8, 4) is 0 Å². The molecular weight excluding hydrogens is 262 g/mol. The van der Waals surface area contributed by atoms with Crippen LogP contribution in [0.15, 0.2) is 18.2 Å². The maximum Gasteiger partial charge on any atom is 0.270 e. The van der Waals surface area contributed by atoms with Crippen LogP contribution < -0.4 is 10.6 Å². The van der Waals surface area contributed by atoms with Gasteiger partial charge in [-0.3, -0.25) is 19.7 Å². The van der Waals surface area contributed by atoms with Crippen LogP contribution in [0.2, 0.25) is 0 Å². The van der Waals surface area contributed by atoms with Gasteiger partial charge in [-0.25, -0.2) is 0 Å². The number of nitrogens with two attached hydrogens (primary N) is 1. The molecule has 1 aromatic rings. The third-order valence-electron chi connectivity index (χ3n) is 2.82. The maximum absolute atomic E-state index is 11.1. The Labute approximate surface area is 116 Å². The Bertz CT molecular complexity index is 516. The van der Waals surface area contributed by atoms with Crippen LogP contribution in [0.5, 0.6) is 0 Å². The van der Waals surface area contributed by atoms with Crippen molar-refractivity contribution in [3.63, 3.8) is 0 Å². The van der Waals surface area contributed by atoms with Crippen LogP contribution in [0.25, 0.3) is 0 Å². The van der Waals surface area contributed by atoms with E-state index in [0.717, 1.165) is 12.8 Å². The predicted molar refractivity (Wildman–Crippen MR) is 74.8 cm³/mol. The Balaban J connectivity index is 3.13. The van der Waals surface area contributed by atoms with Crippen molar-refractivity contribution in [3.05, 3.63) is 33.9 Å². The fourth-order valence-electron chi connectivity index (χ4n) is 1.86. The summed E-state index contributed by atoms with van der Waals surface area (Å²) in [6.45, 7) is 2.52. The van der Waals surface area contributed by atoms with Gasteiger partial charge >= 0.3 is 0 Å². The Hall–Kier alpha value is -2.44. The number of amides is 1. The molecule has 0 spiro atoms. The number of nitro groups is 1.